The van der Waals surface area contributed by atoms with E-state index in [2.05, 4.69) is 9.47 Å². The summed E-state index contributed by atoms with van der Waals surface area (Å²) in [5.74, 6) is -1.86. The number of halogens is 5. The van der Waals surface area contributed by atoms with Gasteiger partial charge in [-0.3, -0.25) is 9.59 Å². The summed E-state index contributed by atoms with van der Waals surface area (Å²) in [7, 11) is 0. The highest BCUT2D eigenvalue weighted by Crippen LogP contribution is 2.32. The van der Waals surface area contributed by atoms with E-state index < -0.39 is 35.6 Å². The van der Waals surface area contributed by atoms with Crippen molar-refractivity contribution in [2.75, 3.05) is 0 Å². The minimum absolute atomic E-state index is 0.0137. The first kappa shape index (κ1) is 14.9. The van der Waals surface area contributed by atoms with Crippen molar-refractivity contribution in [1.29, 1.82) is 0 Å². The van der Waals surface area contributed by atoms with Crippen LogP contribution in [0.4, 0.5) is 22.0 Å². The van der Waals surface area contributed by atoms with E-state index in [1.54, 1.807) is 0 Å². The maximum atomic E-state index is 12.0. The van der Waals surface area contributed by atoms with Crippen LogP contribution in [-0.4, -0.2) is 25.5 Å². The lowest BCUT2D eigenvalue weighted by Gasteiger charge is -2.14. The fourth-order valence-electron chi connectivity index (χ4n) is 1.19. The van der Waals surface area contributed by atoms with Gasteiger partial charge in [0.2, 0.25) is 0 Å². The molecule has 0 aliphatic rings. The number of hydrogen-bond acceptors (Lipinski definition) is 4. The van der Waals surface area contributed by atoms with E-state index in [4.69, 9.17) is 0 Å². The number of carbonyl (C=O) groups excluding carboxylic acids is 2. The van der Waals surface area contributed by atoms with E-state index in [1.165, 1.54) is 0 Å². The lowest BCUT2D eigenvalue weighted by atomic mass is 10.1. The Morgan fingerprint density at radius 2 is 1.53 bits per heavy atom. The zero-order valence-corrected chi connectivity index (χ0v) is 8.91. The van der Waals surface area contributed by atoms with Crippen LogP contribution in [0.25, 0.3) is 0 Å². The maximum absolute atomic E-state index is 12.0. The molecule has 0 aromatic heterocycles. The van der Waals surface area contributed by atoms with E-state index in [0.29, 0.717) is 12.1 Å². The van der Waals surface area contributed by atoms with Crippen LogP contribution in [0.3, 0.4) is 0 Å². The van der Waals surface area contributed by atoms with Crippen LogP contribution in [0.2, 0.25) is 0 Å². The average molecular weight is 284 g/mol. The summed E-state index contributed by atoms with van der Waals surface area (Å²) in [5, 5.41) is 0. The molecule has 0 spiro atoms. The highest BCUT2D eigenvalue weighted by atomic mass is 19.4. The summed E-state index contributed by atoms with van der Waals surface area (Å²) in [6.07, 6.45) is -5.08. The van der Waals surface area contributed by atoms with Crippen molar-refractivity contribution in [3.63, 3.8) is 0 Å². The molecule has 19 heavy (non-hydrogen) atoms. The molecule has 0 amide bonds. The second kappa shape index (κ2) is 5.63. The molecule has 0 fully saturated rings. The molecule has 0 N–H and O–H groups in total. The van der Waals surface area contributed by atoms with E-state index in [-0.39, 0.29) is 12.6 Å². The SMILES string of the molecule is O=Cc1cc(C=O)c(OC(F)(F)F)cc1OC(F)F. The average Bonchev–Trinajstić information content (AvgIpc) is 2.26. The number of alkyl halides is 5. The Bertz CT molecular complexity index is 484. The second-order valence-electron chi connectivity index (χ2n) is 3.09. The number of hydrogen-bond donors (Lipinski definition) is 0. The van der Waals surface area contributed by atoms with Crippen molar-refractivity contribution < 1.29 is 41.0 Å². The normalized spacial score (nSPS) is 11.3. The second-order valence-corrected chi connectivity index (χ2v) is 3.09. The first-order valence-corrected chi connectivity index (χ1v) is 4.55. The molecule has 1 aromatic rings. The molecular formula is C10H5F5O4. The summed E-state index contributed by atoms with van der Waals surface area (Å²) in [6, 6.07) is 1.05. The molecule has 0 unspecified atom stereocenters. The first-order valence-electron chi connectivity index (χ1n) is 4.55. The minimum atomic E-state index is -5.12. The van der Waals surface area contributed by atoms with Crippen LogP contribution >= 0.6 is 0 Å². The number of rotatable bonds is 5. The predicted molar refractivity (Wildman–Crippen MR) is 50.5 cm³/mol. The summed E-state index contributed by atoms with van der Waals surface area (Å²) in [5.41, 5.74) is -1.13. The van der Waals surface area contributed by atoms with E-state index in [1.807, 2.05) is 0 Å². The van der Waals surface area contributed by atoms with Gasteiger partial charge in [-0.15, -0.1) is 13.2 Å². The third-order valence-electron chi connectivity index (χ3n) is 1.84. The lowest BCUT2D eigenvalue weighted by Crippen LogP contribution is -2.18. The molecule has 0 bridgehead atoms. The van der Waals surface area contributed by atoms with E-state index in [0.717, 1.165) is 0 Å². The molecule has 0 heterocycles. The molecular weight excluding hydrogens is 279 g/mol. The van der Waals surface area contributed by atoms with Crippen molar-refractivity contribution >= 4 is 12.6 Å². The quantitative estimate of drug-likeness (QED) is 0.616. The smallest absolute Gasteiger partial charge is 0.434 e. The van der Waals surface area contributed by atoms with Crippen molar-refractivity contribution in [3.05, 3.63) is 23.3 Å². The Morgan fingerprint density at radius 1 is 1.00 bits per heavy atom. The van der Waals surface area contributed by atoms with Gasteiger partial charge in [-0.2, -0.15) is 8.78 Å². The largest absolute Gasteiger partial charge is 0.573 e. The first-order chi connectivity index (χ1) is 8.76. The molecule has 0 saturated heterocycles. The molecule has 104 valence electrons. The zero-order valence-electron chi connectivity index (χ0n) is 8.91. The number of ether oxygens (including phenoxy) is 2. The summed E-state index contributed by atoms with van der Waals surface area (Å²) in [6.45, 7) is -3.35. The van der Waals surface area contributed by atoms with Gasteiger partial charge in [0, 0.05) is 6.07 Å². The Morgan fingerprint density at radius 3 is 1.95 bits per heavy atom. The van der Waals surface area contributed by atoms with Gasteiger partial charge in [0.05, 0.1) is 11.1 Å². The summed E-state index contributed by atoms with van der Waals surface area (Å²) < 4.78 is 67.5. The number of benzene rings is 1. The van der Waals surface area contributed by atoms with Gasteiger partial charge in [-0.25, -0.2) is 0 Å². The Labute approximate surface area is 102 Å². The highest BCUT2D eigenvalue weighted by Gasteiger charge is 2.32. The lowest BCUT2D eigenvalue weighted by molar-refractivity contribution is -0.274. The molecule has 0 atom stereocenters. The van der Waals surface area contributed by atoms with E-state index >= 15 is 0 Å². The predicted octanol–water partition coefficient (Wildman–Crippen LogP) is 2.81. The third-order valence-corrected chi connectivity index (χ3v) is 1.84. The van der Waals surface area contributed by atoms with Crippen LogP contribution in [0, 0.1) is 0 Å². The van der Waals surface area contributed by atoms with Crippen LogP contribution < -0.4 is 9.47 Å². The molecule has 0 saturated carbocycles. The standard InChI is InChI=1S/C10H5F5O4/c11-9(12)18-7-2-8(19-10(13,14)15)6(4-17)1-5(7)3-16/h1-4,9H. The molecule has 1 aromatic carbocycles. The van der Waals surface area contributed by atoms with Crippen molar-refractivity contribution in [3.8, 4) is 11.5 Å². The van der Waals surface area contributed by atoms with Gasteiger partial charge < -0.3 is 9.47 Å². The highest BCUT2D eigenvalue weighted by molar-refractivity contribution is 5.87. The van der Waals surface area contributed by atoms with Gasteiger partial charge >= 0.3 is 13.0 Å². The molecule has 1 rings (SSSR count). The fraction of sp³-hybridized carbons (Fsp3) is 0.200. The van der Waals surface area contributed by atoms with Gasteiger partial charge in [-0.1, -0.05) is 0 Å². The maximum Gasteiger partial charge on any atom is 0.573 e. The topological polar surface area (TPSA) is 52.6 Å². The van der Waals surface area contributed by atoms with E-state index in [9.17, 15) is 31.5 Å². The fourth-order valence-corrected chi connectivity index (χ4v) is 1.19. The van der Waals surface area contributed by atoms with Crippen molar-refractivity contribution in [2.24, 2.45) is 0 Å². The van der Waals surface area contributed by atoms with Gasteiger partial charge in [0.25, 0.3) is 0 Å². The molecule has 0 aliphatic heterocycles. The summed E-state index contributed by atoms with van der Waals surface area (Å²) in [4.78, 5) is 21.1. The van der Waals surface area contributed by atoms with Crippen LogP contribution in [-0.2, 0) is 0 Å². The Hall–Kier alpha value is -2.19. The van der Waals surface area contributed by atoms with Gasteiger partial charge in [-0.05, 0) is 6.07 Å². The van der Waals surface area contributed by atoms with Gasteiger partial charge in [0.15, 0.2) is 12.6 Å². The molecule has 4 nitrogen and oxygen atoms in total. The van der Waals surface area contributed by atoms with Crippen LogP contribution in [0.1, 0.15) is 20.7 Å². The Kier molecular flexibility index (Phi) is 4.41. The summed E-state index contributed by atoms with van der Waals surface area (Å²) >= 11 is 0. The minimum Gasteiger partial charge on any atom is -0.434 e. The van der Waals surface area contributed by atoms with Crippen LogP contribution in [0.5, 0.6) is 11.5 Å². The number of carbonyl (C=O) groups is 2. The zero-order chi connectivity index (χ0) is 14.6. The van der Waals surface area contributed by atoms with Crippen molar-refractivity contribution in [1.82, 2.24) is 0 Å². The van der Waals surface area contributed by atoms with Crippen LogP contribution in [0.15, 0.2) is 12.1 Å². The molecule has 0 radical (unpaired) electrons. The monoisotopic (exact) mass is 284 g/mol. The van der Waals surface area contributed by atoms with Gasteiger partial charge in [0.1, 0.15) is 11.5 Å². The Balaban J connectivity index is 3.28. The molecule has 9 heteroatoms. The number of aldehydes is 2. The van der Waals surface area contributed by atoms with Crippen molar-refractivity contribution in [2.45, 2.75) is 13.0 Å². The third kappa shape index (κ3) is 4.19. The molecule has 0 aliphatic carbocycles.